The third-order valence-corrected chi connectivity index (χ3v) is 3.93. The normalized spacial score (nSPS) is 17.2. The standard InChI is InChI=1S/C17H22N2O5/c1-3-24-17(23)12-5-4-8-19(10-12)15-7-6-13(18-11(2)20)9-14(15)16(21)22/h6-7,9,12H,3-5,8,10H2,1-2H3,(H,18,20)(H,21,22). The molecule has 130 valence electrons. The molecule has 1 saturated heterocycles. The highest BCUT2D eigenvalue weighted by atomic mass is 16.5. The highest BCUT2D eigenvalue weighted by molar-refractivity contribution is 5.97. The molecule has 1 aromatic rings. The van der Waals surface area contributed by atoms with Gasteiger partial charge in [-0.15, -0.1) is 0 Å². The van der Waals surface area contributed by atoms with E-state index in [0.29, 0.717) is 31.1 Å². The predicted molar refractivity (Wildman–Crippen MR) is 89.3 cm³/mol. The Labute approximate surface area is 140 Å². The summed E-state index contributed by atoms with van der Waals surface area (Å²) >= 11 is 0. The van der Waals surface area contributed by atoms with E-state index in [1.807, 2.05) is 4.90 Å². The van der Waals surface area contributed by atoms with Crippen molar-refractivity contribution in [1.29, 1.82) is 0 Å². The number of carbonyl (C=O) groups excluding carboxylic acids is 2. The highest BCUT2D eigenvalue weighted by Crippen LogP contribution is 2.29. The molecule has 1 aliphatic rings. The number of aromatic carboxylic acids is 1. The molecule has 7 nitrogen and oxygen atoms in total. The molecule has 1 unspecified atom stereocenters. The number of carbonyl (C=O) groups is 3. The molecular weight excluding hydrogens is 312 g/mol. The molecule has 7 heteroatoms. The molecule has 1 aliphatic heterocycles. The molecule has 24 heavy (non-hydrogen) atoms. The third kappa shape index (κ3) is 4.24. The minimum absolute atomic E-state index is 0.103. The van der Waals surface area contributed by atoms with E-state index in [1.165, 1.54) is 13.0 Å². The van der Waals surface area contributed by atoms with E-state index in [0.717, 1.165) is 12.8 Å². The van der Waals surface area contributed by atoms with Crippen LogP contribution in [0, 0.1) is 5.92 Å². The van der Waals surface area contributed by atoms with Crippen molar-refractivity contribution in [3.8, 4) is 0 Å². The molecule has 1 fully saturated rings. The van der Waals surface area contributed by atoms with Gasteiger partial charge >= 0.3 is 11.9 Å². The molecule has 2 rings (SSSR count). The van der Waals surface area contributed by atoms with Crippen molar-refractivity contribution in [1.82, 2.24) is 0 Å². The summed E-state index contributed by atoms with van der Waals surface area (Å²) in [7, 11) is 0. The Morgan fingerprint density at radius 2 is 2.12 bits per heavy atom. The zero-order valence-electron chi connectivity index (χ0n) is 13.9. The average Bonchev–Trinajstić information content (AvgIpc) is 2.54. The van der Waals surface area contributed by atoms with E-state index in [1.54, 1.807) is 19.1 Å². The van der Waals surface area contributed by atoms with Crippen molar-refractivity contribution in [2.75, 3.05) is 29.9 Å². The number of anilines is 2. The third-order valence-electron chi connectivity index (χ3n) is 3.93. The number of hydrogen-bond donors (Lipinski definition) is 2. The molecule has 0 saturated carbocycles. The first-order valence-corrected chi connectivity index (χ1v) is 7.99. The van der Waals surface area contributed by atoms with E-state index in [9.17, 15) is 19.5 Å². The van der Waals surface area contributed by atoms with E-state index in [4.69, 9.17) is 4.74 Å². The number of nitrogens with one attached hydrogen (secondary N) is 1. The summed E-state index contributed by atoms with van der Waals surface area (Å²) in [4.78, 5) is 36.6. The number of piperidine rings is 1. The number of hydrogen-bond acceptors (Lipinski definition) is 5. The van der Waals surface area contributed by atoms with Gasteiger partial charge in [-0.1, -0.05) is 0 Å². The zero-order chi connectivity index (χ0) is 17.7. The number of nitrogens with zero attached hydrogens (tertiary/aromatic N) is 1. The van der Waals surface area contributed by atoms with Gasteiger partial charge in [-0.05, 0) is 38.0 Å². The molecule has 0 bridgehead atoms. The summed E-state index contributed by atoms with van der Waals surface area (Å²) in [5, 5.41) is 12.1. The quantitative estimate of drug-likeness (QED) is 0.801. The lowest BCUT2D eigenvalue weighted by atomic mass is 9.96. The lowest BCUT2D eigenvalue weighted by Crippen LogP contribution is -2.40. The average molecular weight is 334 g/mol. The van der Waals surface area contributed by atoms with Crippen LogP contribution in [0.2, 0.25) is 0 Å². The Kier molecular flexibility index (Phi) is 5.78. The molecule has 1 heterocycles. The second-order valence-electron chi connectivity index (χ2n) is 5.76. The number of esters is 1. The second-order valence-corrected chi connectivity index (χ2v) is 5.76. The maximum atomic E-state index is 12.0. The minimum atomic E-state index is -1.07. The van der Waals surface area contributed by atoms with Crippen molar-refractivity contribution in [2.24, 2.45) is 5.92 Å². The molecule has 2 N–H and O–H groups in total. The minimum Gasteiger partial charge on any atom is -0.478 e. The molecule has 0 radical (unpaired) electrons. The Morgan fingerprint density at radius 1 is 1.38 bits per heavy atom. The lowest BCUT2D eigenvalue weighted by Gasteiger charge is -2.34. The van der Waals surface area contributed by atoms with Gasteiger partial charge in [0, 0.05) is 25.7 Å². The maximum Gasteiger partial charge on any atom is 0.337 e. The number of carboxylic acid groups (broad SMARTS) is 1. The van der Waals surface area contributed by atoms with Crippen LogP contribution in [-0.4, -0.2) is 42.6 Å². The van der Waals surface area contributed by atoms with E-state index in [-0.39, 0.29) is 23.4 Å². The summed E-state index contributed by atoms with van der Waals surface area (Å²) in [6.45, 7) is 4.57. The van der Waals surface area contributed by atoms with Gasteiger partial charge < -0.3 is 20.1 Å². The Bertz CT molecular complexity index is 644. The predicted octanol–water partition coefficient (Wildman–Crippen LogP) is 2.12. The first kappa shape index (κ1) is 17.8. The van der Waals surface area contributed by atoms with Crippen molar-refractivity contribution < 1.29 is 24.2 Å². The molecule has 0 aromatic heterocycles. The summed E-state index contributed by atoms with van der Waals surface area (Å²) < 4.78 is 5.08. The summed E-state index contributed by atoms with van der Waals surface area (Å²) in [6.07, 6.45) is 1.53. The van der Waals surface area contributed by atoms with Crippen LogP contribution in [0.15, 0.2) is 18.2 Å². The SMILES string of the molecule is CCOC(=O)C1CCCN(c2ccc(NC(C)=O)cc2C(=O)O)C1. The monoisotopic (exact) mass is 334 g/mol. The molecule has 0 aliphatic carbocycles. The lowest BCUT2D eigenvalue weighted by molar-refractivity contribution is -0.148. The molecule has 0 spiro atoms. The van der Waals surface area contributed by atoms with E-state index >= 15 is 0 Å². The maximum absolute atomic E-state index is 12.0. The van der Waals surface area contributed by atoms with Gasteiger partial charge in [-0.2, -0.15) is 0 Å². The van der Waals surface area contributed by atoms with Gasteiger partial charge in [-0.25, -0.2) is 4.79 Å². The van der Waals surface area contributed by atoms with E-state index in [2.05, 4.69) is 5.32 Å². The van der Waals surface area contributed by atoms with Crippen LogP contribution < -0.4 is 10.2 Å². The number of amides is 1. The second kappa shape index (κ2) is 7.81. The van der Waals surface area contributed by atoms with Gasteiger partial charge in [0.15, 0.2) is 0 Å². The van der Waals surface area contributed by atoms with Crippen molar-refractivity contribution >= 4 is 29.2 Å². The molecule has 1 amide bonds. The Balaban J connectivity index is 2.25. The van der Waals surface area contributed by atoms with Crippen LogP contribution in [0.25, 0.3) is 0 Å². The highest BCUT2D eigenvalue weighted by Gasteiger charge is 2.29. The number of rotatable bonds is 5. The Morgan fingerprint density at radius 3 is 2.75 bits per heavy atom. The van der Waals surface area contributed by atoms with Crippen molar-refractivity contribution in [3.05, 3.63) is 23.8 Å². The van der Waals surface area contributed by atoms with Crippen LogP contribution >= 0.6 is 0 Å². The number of benzene rings is 1. The van der Waals surface area contributed by atoms with Gasteiger partial charge in [0.1, 0.15) is 0 Å². The molecule has 1 atom stereocenters. The van der Waals surface area contributed by atoms with Crippen LogP contribution in [0.3, 0.4) is 0 Å². The summed E-state index contributed by atoms with van der Waals surface area (Å²) in [5.41, 5.74) is 1.08. The molecule has 1 aromatic carbocycles. The smallest absolute Gasteiger partial charge is 0.337 e. The van der Waals surface area contributed by atoms with Gasteiger partial charge in [0.2, 0.25) is 5.91 Å². The van der Waals surface area contributed by atoms with Crippen LogP contribution in [-0.2, 0) is 14.3 Å². The first-order valence-electron chi connectivity index (χ1n) is 7.99. The van der Waals surface area contributed by atoms with Crippen molar-refractivity contribution in [3.63, 3.8) is 0 Å². The van der Waals surface area contributed by atoms with Gasteiger partial charge in [0.25, 0.3) is 0 Å². The first-order chi connectivity index (χ1) is 11.4. The summed E-state index contributed by atoms with van der Waals surface area (Å²) in [6, 6.07) is 4.77. The molecular formula is C17H22N2O5. The van der Waals surface area contributed by atoms with Gasteiger partial charge in [-0.3, -0.25) is 9.59 Å². The summed E-state index contributed by atoms with van der Waals surface area (Å²) in [5.74, 6) is -1.83. The van der Waals surface area contributed by atoms with Crippen LogP contribution in [0.1, 0.15) is 37.0 Å². The van der Waals surface area contributed by atoms with Crippen LogP contribution in [0.4, 0.5) is 11.4 Å². The fraction of sp³-hybridized carbons (Fsp3) is 0.471. The topological polar surface area (TPSA) is 95.9 Å². The Hall–Kier alpha value is -2.57. The zero-order valence-corrected chi connectivity index (χ0v) is 13.9. The van der Waals surface area contributed by atoms with Crippen molar-refractivity contribution in [2.45, 2.75) is 26.7 Å². The fourth-order valence-corrected chi connectivity index (χ4v) is 2.91. The number of ether oxygens (including phenoxy) is 1. The van der Waals surface area contributed by atoms with Crippen LogP contribution in [0.5, 0.6) is 0 Å². The van der Waals surface area contributed by atoms with E-state index < -0.39 is 5.97 Å². The largest absolute Gasteiger partial charge is 0.478 e. The van der Waals surface area contributed by atoms with Gasteiger partial charge in [0.05, 0.1) is 23.8 Å². The fourth-order valence-electron chi connectivity index (χ4n) is 2.91. The number of carboxylic acids is 1.